The first-order chi connectivity index (χ1) is 10.5. The number of aliphatic imine (C=N–C) groups is 1. The van der Waals surface area contributed by atoms with E-state index in [1.807, 2.05) is 49.5 Å². The first kappa shape index (κ1) is 14.9. The molecule has 2 atom stereocenters. The van der Waals surface area contributed by atoms with E-state index in [0.29, 0.717) is 5.96 Å². The van der Waals surface area contributed by atoms with Gasteiger partial charge in [0.05, 0.1) is 5.69 Å². The summed E-state index contributed by atoms with van der Waals surface area (Å²) in [7, 11) is 1.82. The Bertz CT molecular complexity index is 745. The fourth-order valence-corrected chi connectivity index (χ4v) is 3.33. The van der Waals surface area contributed by atoms with Gasteiger partial charge in [0.2, 0.25) is 0 Å². The summed E-state index contributed by atoms with van der Waals surface area (Å²) in [6, 6.07) is 13.5. The van der Waals surface area contributed by atoms with Gasteiger partial charge in [-0.3, -0.25) is 0 Å². The van der Waals surface area contributed by atoms with E-state index in [4.69, 9.17) is 11.5 Å². The van der Waals surface area contributed by atoms with Crippen molar-refractivity contribution in [2.75, 3.05) is 13.3 Å². The largest absolute Gasteiger partial charge is 0.612 e. The molecule has 0 bridgehead atoms. The van der Waals surface area contributed by atoms with Gasteiger partial charge >= 0.3 is 0 Å². The van der Waals surface area contributed by atoms with Gasteiger partial charge in [0.25, 0.3) is 0 Å². The SMILES string of the molecule is CN1C(N)=Nc2cc(-c3ccccc3[S+](C)[O-])ccc2C1N. The summed E-state index contributed by atoms with van der Waals surface area (Å²) < 4.78 is 11.9. The Kier molecular flexibility index (Phi) is 3.82. The number of fused-ring (bicyclic) bond motifs is 1. The van der Waals surface area contributed by atoms with E-state index < -0.39 is 11.2 Å². The molecule has 2 unspecified atom stereocenters. The van der Waals surface area contributed by atoms with Crippen molar-refractivity contribution >= 4 is 22.8 Å². The molecule has 0 saturated carbocycles. The van der Waals surface area contributed by atoms with Crippen LogP contribution in [0.2, 0.25) is 0 Å². The minimum atomic E-state index is -1.06. The van der Waals surface area contributed by atoms with Gasteiger partial charge in [-0.2, -0.15) is 0 Å². The molecule has 4 N–H and O–H groups in total. The second-order valence-electron chi connectivity index (χ2n) is 5.25. The first-order valence-electron chi connectivity index (χ1n) is 6.88. The van der Waals surface area contributed by atoms with Crippen LogP contribution in [0.5, 0.6) is 0 Å². The standard InChI is InChI=1S/C16H18N4OS/c1-20-15(17)12-8-7-10(9-13(12)19-16(20)18)11-5-3-4-6-14(11)22(2)21/h3-9,15H,17H2,1-2H3,(H2,18,19). The van der Waals surface area contributed by atoms with Crippen molar-refractivity contribution in [2.24, 2.45) is 16.5 Å². The van der Waals surface area contributed by atoms with Crippen LogP contribution in [-0.2, 0) is 11.2 Å². The van der Waals surface area contributed by atoms with Crippen LogP contribution in [0.25, 0.3) is 11.1 Å². The Balaban J connectivity index is 2.12. The molecule has 22 heavy (non-hydrogen) atoms. The molecule has 2 aromatic rings. The Hall–Kier alpha value is -2.02. The molecule has 0 amide bonds. The molecule has 1 aliphatic heterocycles. The molecule has 2 aromatic carbocycles. The number of hydrogen-bond donors (Lipinski definition) is 2. The number of benzene rings is 2. The maximum absolute atomic E-state index is 11.9. The lowest BCUT2D eigenvalue weighted by atomic mass is 10.00. The zero-order valence-electron chi connectivity index (χ0n) is 12.5. The molecule has 114 valence electrons. The van der Waals surface area contributed by atoms with Gasteiger partial charge in [0, 0.05) is 18.2 Å². The summed E-state index contributed by atoms with van der Waals surface area (Å²) in [6.45, 7) is 0. The summed E-state index contributed by atoms with van der Waals surface area (Å²) in [5, 5.41) is 0. The lowest BCUT2D eigenvalue weighted by molar-refractivity contribution is 0.375. The molecule has 0 aliphatic carbocycles. The van der Waals surface area contributed by atoms with Crippen LogP contribution in [0.15, 0.2) is 52.4 Å². The Morgan fingerprint density at radius 3 is 2.68 bits per heavy atom. The van der Waals surface area contributed by atoms with Crippen LogP contribution in [0.3, 0.4) is 0 Å². The highest BCUT2D eigenvalue weighted by Gasteiger charge is 2.23. The van der Waals surface area contributed by atoms with Crippen molar-refractivity contribution in [3.05, 3.63) is 48.0 Å². The van der Waals surface area contributed by atoms with Crippen molar-refractivity contribution in [3.8, 4) is 11.1 Å². The molecule has 0 aromatic heterocycles. The molecule has 0 fully saturated rings. The van der Waals surface area contributed by atoms with E-state index in [9.17, 15) is 4.55 Å². The van der Waals surface area contributed by atoms with E-state index in [0.717, 1.165) is 27.3 Å². The zero-order chi connectivity index (χ0) is 15.9. The molecule has 0 spiro atoms. The molecule has 3 rings (SSSR count). The van der Waals surface area contributed by atoms with Gasteiger partial charge in [-0.15, -0.1) is 0 Å². The van der Waals surface area contributed by atoms with Crippen LogP contribution in [0.1, 0.15) is 11.7 Å². The molecule has 5 nitrogen and oxygen atoms in total. The lowest BCUT2D eigenvalue weighted by Gasteiger charge is -2.31. The van der Waals surface area contributed by atoms with E-state index in [2.05, 4.69) is 4.99 Å². The third-order valence-electron chi connectivity index (χ3n) is 3.87. The van der Waals surface area contributed by atoms with Gasteiger partial charge in [0.1, 0.15) is 12.4 Å². The normalized spacial score (nSPS) is 18.6. The number of nitrogens with two attached hydrogens (primary N) is 2. The van der Waals surface area contributed by atoms with Gasteiger partial charge in [-0.1, -0.05) is 24.3 Å². The molecule has 1 aliphatic rings. The number of hydrogen-bond acceptors (Lipinski definition) is 5. The highest BCUT2D eigenvalue weighted by molar-refractivity contribution is 7.90. The van der Waals surface area contributed by atoms with Crippen LogP contribution >= 0.6 is 0 Å². The minimum absolute atomic E-state index is 0.308. The molecular formula is C16H18N4OS. The molecule has 6 heteroatoms. The lowest BCUT2D eigenvalue weighted by Crippen LogP contribution is -2.42. The monoisotopic (exact) mass is 314 g/mol. The quantitative estimate of drug-likeness (QED) is 0.829. The predicted octanol–water partition coefficient (Wildman–Crippen LogP) is 1.94. The average Bonchev–Trinajstić information content (AvgIpc) is 2.52. The average molecular weight is 314 g/mol. The second kappa shape index (κ2) is 5.64. The smallest absolute Gasteiger partial charge is 0.197 e. The highest BCUT2D eigenvalue weighted by Crippen LogP contribution is 2.36. The summed E-state index contributed by atoms with van der Waals surface area (Å²) >= 11 is -1.06. The van der Waals surface area contributed by atoms with E-state index in [1.54, 1.807) is 11.2 Å². The van der Waals surface area contributed by atoms with Gasteiger partial charge in [-0.05, 0) is 34.9 Å². The highest BCUT2D eigenvalue weighted by atomic mass is 32.2. The van der Waals surface area contributed by atoms with Crippen LogP contribution in [-0.4, -0.2) is 28.7 Å². The third kappa shape index (κ3) is 2.45. The molecular weight excluding hydrogens is 296 g/mol. The summed E-state index contributed by atoms with van der Waals surface area (Å²) in [5.74, 6) is 0.393. The van der Waals surface area contributed by atoms with Crippen molar-refractivity contribution in [3.63, 3.8) is 0 Å². The van der Waals surface area contributed by atoms with Gasteiger partial charge < -0.3 is 20.9 Å². The predicted molar refractivity (Wildman–Crippen MR) is 90.2 cm³/mol. The molecule has 0 saturated heterocycles. The van der Waals surface area contributed by atoms with E-state index in [1.165, 1.54) is 0 Å². The van der Waals surface area contributed by atoms with Crippen LogP contribution < -0.4 is 11.5 Å². The fourth-order valence-electron chi connectivity index (χ4n) is 2.57. The zero-order valence-corrected chi connectivity index (χ0v) is 13.3. The van der Waals surface area contributed by atoms with Crippen LogP contribution in [0, 0.1) is 0 Å². The maximum atomic E-state index is 11.9. The van der Waals surface area contributed by atoms with Crippen LogP contribution in [0.4, 0.5) is 5.69 Å². The Labute approximate surface area is 132 Å². The Morgan fingerprint density at radius 1 is 1.23 bits per heavy atom. The van der Waals surface area contributed by atoms with Crippen molar-refractivity contribution < 1.29 is 4.55 Å². The van der Waals surface area contributed by atoms with Crippen molar-refractivity contribution in [2.45, 2.75) is 11.1 Å². The second-order valence-corrected chi connectivity index (χ2v) is 6.60. The van der Waals surface area contributed by atoms with Crippen molar-refractivity contribution in [1.29, 1.82) is 0 Å². The summed E-state index contributed by atoms with van der Waals surface area (Å²) in [4.78, 5) is 6.94. The number of nitrogens with zero attached hydrogens (tertiary/aromatic N) is 2. The van der Waals surface area contributed by atoms with Gasteiger partial charge in [0.15, 0.2) is 10.9 Å². The van der Waals surface area contributed by atoms with Crippen molar-refractivity contribution in [1.82, 2.24) is 4.90 Å². The third-order valence-corrected chi connectivity index (χ3v) is 4.85. The topological polar surface area (TPSA) is 90.7 Å². The summed E-state index contributed by atoms with van der Waals surface area (Å²) in [6.07, 6.45) is 1.37. The fraction of sp³-hybridized carbons (Fsp3) is 0.188. The number of guanidine groups is 1. The maximum Gasteiger partial charge on any atom is 0.197 e. The molecule has 0 radical (unpaired) electrons. The number of rotatable bonds is 2. The van der Waals surface area contributed by atoms with E-state index >= 15 is 0 Å². The van der Waals surface area contributed by atoms with E-state index in [-0.39, 0.29) is 6.17 Å². The minimum Gasteiger partial charge on any atom is -0.612 e. The summed E-state index contributed by atoms with van der Waals surface area (Å²) in [5.41, 5.74) is 15.6. The first-order valence-corrected chi connectivity index (χ1v) is 8.44. The Morgan fingerprint density at radius 2 is 1.95 bits per heavy atom. The van der Waals surface area contributed by atoms with Gasteiger partial charge in [-0.25, -0.2) is 4.99 Å². The molecule has 1 heterocycles.